The van der Waals surface area contributed by atoms with Crippen molar-refractivity contribution in [2.24, 2.45) is 35.6 Å². The molecule has 2 heterocycles. The predicted octanol–water partition coefficient (Wildman–Crippen LogP) is 1.86. The van der Waals surface area contributed by atoms with E-state index < -0.39 is 23.7 Å². The fourth-order valence-corrected chi connectivity index (χ4v) is 8.64. The van der Waals surface area contributed by atoms with Crippen molar-refractivity contribution in [3.8, 4) is 0 Å². The van der Waals surface area contributed by atoms with Crippen LogP contribution in [0.25, 0.3) is 6.08 Å². The first kappa shape index (κ1) is 20.1. The van der Waals surface area contributed by atoms with Crippen LogP contribution < -0.4 is 0 Å². The molecule has 0 bridgehead atoms. The number of nitrogens with zero attached hydrogens (tertiary/aromatic N) is 2. The summed E-state index contributed by atoms with van der Waals surface area (Å²) in [7, 11) is 1.96. The van der Waals surface area contributed by atoms with Crippen molar-refractivity contribution in [2.45, 2.75) is 63.8 Å². The van der Waals surface area contributed by atoms with Gasteiger partial charge in [-0.3, -0.25) is 9.48 Å². The molecule has 0 radical (unpaired) electrons. The quantitative estimate of drug-likeness (QED) is 0.747. The van der Waals surface area contributed by atoms with Crippen molar-refractivity contribution < 1.29 is 24.5 Å². The van der Waals surface area contributed by atoms with Crippen LogP contribution in [-0.2, 0) is 27.7 Å². The Morgan fingerprint density at radius 1 is 1.39 bits per heavy atom. The molecule has 1 aliphatic heterocycles. The maximum absolute atomic E-state index is 13.0. The van der Waals surface area contributed by atoms with Gasteiger partial charge >= 0.3 is 0 Å². The number of ether oxygens (including phenoxy) is 2. The highest BCUT2D eigenvalue weighted by molar-refractivity contribution is 5.91. The van der Waals surface area contributed by atoms with Gasteiger partial charge in [-0.05, 0) is 66.9 Å². The molecule has 4 aliphatic carbocycles. The molecule has 0 aromatic carbocycles. The van der Waals surface area contributed by atoms with Gasteiger partial charge in [-0.1, -0.05) is 19.4 Å². The Bertz CT molecular complexity index is 987. The molecule has 168 valence electrons. The summed E-state index contributed by atoms with van der Waals surface area (Å²) in [6, 6.07) is 0. The first-order chi connectivity index (χ1) is 14.7. The number of carbonyl (C=O) groups is 1. The second kappa shape index (κ2) is 6.28. The molecule has 0 amide bonds. The third-order valence-electron chi connectivity index (χ3n) is 9.75. The number of aromatic nitrogens is 2. The van der Waals surface area contributed by atoms with E-state index >= 15 is 0 Å². The highest BCUT2D eigenvalue weighted by atomic mass is 16.7. The number of fused-ring (bicyclic) bond motifs is 8. The van der Waals surface area contributed by atoms with E-state index in [1.54, 1.807) is 0 Å². The van der Waals surface area contributed by atoms with Gasteiger partial charge in [0.1, 0.15) is 13.4 Å². The van der Waals surface area contributed by atoms with Crippen LogP contribution >= 0.6 is 0 Å². The standard InChI is InChI=1S/C24H32N2O5/c1-22-8-13-10-26(3)25-17(13)6-14(22)4-5-15-16-7-20-24(19(29)11-27,31-12-30-20)23(16,2)9-18(28)21(15)22/h6,10,15-16,18,20-21,27-28H,4-5,7-9,11-12H2,1-3H3/t15-,16-,18-,20+,21+,22-,23-,24+/m0/s1. The number of ketones is 1. The van der Waals surface area contributed by atoms with E-state index in [-0.39, 0.29) is 41.8 Å². The van der Waals surface area contributed by atoms with Crippen molar-refractivity contribution in [3.63, 3.8) is 0 Å². The lowest BCUT2D eigenvalue weighted by atomic mass is 9.45. The van der Waals surface area contributed by atoms with Gasteiger partial charge in [0, 0.05) is 18.7 Å². The fraction of sp³-hybridized carbons (Fsp3) is 0.750. The highest BCUT2D eigenvalue weighted by Gasteiger charge is 2.74. The largest absolute Gasteiger partial charge is 0.393 e. The monoisotopic (exact) mass is 428 g/mol. The van der Waals surface area contributed by atoms with Gasteiger partial charge in [-0.2, -0.15) is 5.10 Å². The van der Waals surface area contributed by atoms with E-state index in [9.17, 15) is 15.0 Å². The molecular formula is C24H32N2O5. The van der Waals surface area contributed by atoms with E-state index in [0.29, 0.717) is 6.42 Å². The van der Waals surface area contributed by atoms with Crippen LogP contribution in [0.15, 0.2) is 11.8 Å². The van der Waals surface area contributed by atoms with Crippen LogP contribution in [-0.4, -0.2) is 57.0 Å². The van der Waals surface area contributed by atoms with Crippen LogP contribution in [0.3, 0.4) is 0 Å². The maximum atomic E-state index is 13.0. The molecule has 3 saturated carbocycles. The second-order valence-corrected chi connectivity index (χ2v) is 11.0. The number of aliphatic hydroxyl groups is 2. The number of aliphatic hydroxyl groups excluding tert-OH is 2. The molecule has 4 fully saturated rings. The smallest absolute Gasteiger partial charge is 0.193 e. The van der Waals surface area contributed by atoms with Crippen LogP contribution in [0.5, 0.6) is 0 Å². The Labute approximate surface area is 182 Å². The van der Waals surface area contributed by atoms with E-state index in [2.05, 4.69) is 31.2 Å². The summed E-state index contributed by atoms with van der Waals surface area (Å²) in [5.74, 6) is 0.329. The van der Waals surface area contributed by atoms with Crippen molar-refractivity contribution in [3.05, 3.63) is 23.0 Å². The normalized spacial score (nSPS) is 47.6. The van der Waals surface area contributed by atoms with Crippen LogP contribution in [0.4, 0.5) is 0 Å². The van der Waals surface area contributed by atoms with Gasteiger partial charge in [-0.15, -0.1) is 0 Å². The molecule has 1 saturated heterocycles. The fourth-order valence-electron chi connectivity index (χ4n) is 8.64. The lowest BCUT2D eigenvalue weighted by Crippen LogP contribution is -2.63. The minimum atomic E-state index is -1.14. The second-order valence-electron chi connectivity index (χ2n) is 11.0. The Morgan fingerprint density at radius 2 is 2.19 bits per heavy atom. The summed E-state index contributed by atoms with van der Waals surface area (Å²) in [5.41, 5.74) is 1.91. The highest BCUT2D eigenvalue weighted by Crippen LogP contribution is 2.69. The molecule has 7 heteroatoms. The minimum absolute atomic E-state index is 0.0806. The molecule has 0 unspecified atom stereocenters. The topological polar surface area (TPSA) is 93.8 Å². The number of hydrogen-bond acceptors (Lipinski definition) is 6. The zero-order valence-corrected chi connectivity index (χ0v) is 18.5. The van der Waals surface area contributed by atoms with E-state index in [4.69, 9.17) is 9.47 Å². The first-order valence-electron chi connectivity index (χ1n) is 11.6. The number of aryl methyl sites for hydroxylation is 1. The summed E-state index contributed by atoms with van der Waals surface area (Å²) >= 11 is 0. The van der Waals surface area contributed by atoms with Gasteiger partial charge in [0.05, 0.1) is 17.9 Å². The predicted molar refractivity (Wildman–Crippen MR) is 112 cm³/mol. The number of allylic oxidation sites excluding steroid dienone is 1. The molecule has 0 spiro atoms. The Kier molecular flexibility index (Phi) is 4.07. The number of rotatable bonds is 2. The van der Waals surface area contributed by atoms with E-state index in [0.717, 1.165) is 31.4 Å². The molecular weight excluding hydrogens is 396 g/mol. The number of carbonyl (C=O) groups excluding carboxylic acids is 1. The molecule has 31 heavy (non-hydrogen) atoms. The average molecular weight is 429 g/mol. The van der Waals surface area contributed by atoms with Crippen LogP contribution in [0.2, 0.25) is 0 Å². The third kappa shape index (κ3) is 2.28. The van der Waals surface area contributed by atoms with Crippen molar-refractivity contribution >= 4 is 11.9 Å². The molecule has 2 N–H and O–H groups in total. The first-order valence-corrected chi connectivity index (χ1v) is 11.6. The number of hydrogen-bond donors (Lipinski definition) is 2. The third-order valence-corrected chi connectivity index (χ3v) is 9.75. The lowest BCUT2D eigenvalue weighted by molar-refractivity contribution is -0.188. The lowest BCUT2D eigenvalue weighted by Gasteiger charge is -2.60. The average Bonchev–Trinajstić information content (AvgIpc) is 3.36. The van der Waals surface area contributed by atoms with E-state index in [1.165, 1.54) is 11.1 Å². The molecule has 6 rings (SSSR count). The van der Waals surface area contributed by atoms with Crippen molar-refractivity contribution in [1.29, 1.82) is 0 Å². The summed E-state index contributed by atoms with van der Waals surface area (Å²) in [5, 5.41) is 26.0. The van der Waals surface area contributed by atoms with Crippen LogP contribution in [0, 0.1) is 28.6 Å². The van der Waals surface area contributed by atoms with Gasteiger partial charge in [-0.25, -0.2) is 0 Å². The summed E-state index contributed by atoms with van der Waals surface area (Å²) in [6.07, 6.45) is 7.59. The Hall–Kier alpha value is -1.54. The SMILES string of the molecule is Cn1cc2c(n1)C=C1CC[C@@H]3[C@H]([C@@H](O)C[C@@]4(C)[C@H]3C[C@H]3OCO[C@]34C(=O)CO)[C@@]1(C)C2. The zero-order valence-electron chi connectivity index (χ0n) is 18.5. The van der Waals surface area contributed by atoms with Crippen molar-refractivity contribution in [1.82, 2.24) is 9.78 Å². The minimum Gasteiger partial charge on any atom is -0.393 e. The summed E-state index contributed by atoms with van der Waals surface area (Å²) in [6.45, 7) is 3.93. The molecule has 8 atom stereocenters. The van der Waals surface area contributed by atoms with Gasteiger partial charge in [0.2, 0.25) is 0 Å². The Balaban J connectivity index is 1.42. The molecule has 1 aromatic heterocycles. The molecule has 1 aromatic rings. The summed E-state index contributed by atoms with van der Waals surface area (Å²) < 4.78 is 13.8. The number of Topliss-reactive ketones (excluding diaryl/α,β-unsaturated/α-hetero) is 1. The summed E-state index contributed by atoms with van der Waals surface area (Å²) in [4.78, 5) is 13.0. The van der Waals surface area contributed by atoms with Gasteiger partial charge in [0.25, 0.3) is 0 Å². The maximum Gasteiger partial charge on any atom is 0.193 e. The molecule has 7 nitrogen and oxygen atoms in total. The van der Waals surface area contributed by atoms with Gasteiger partial charge in [0.15, 0.2) is 11.4 Å². The van der Waals surface area contributed by atoms with Crippen molar-refractivity contribution in [2.75, 3.05) is 13.4 Å². The zero-order chi connectivity index (χ0) is 21.8. The van der Waals surface area contributed by atoms with Gasteiger partial charge < -0.3 is 19.7 Å². The Morgan fingerprint density at radius 3 is 2.97 bits per heavy atom. The van der Waals surface area contributed by atoms with E-state index in [1.807, 2.05) is 11.7 Å². The molecule has 5 aliphatic rings. The van der Waals surface area contributed by atoms with Crippen LogP contribution in [0.1, 0.15) is 50.8 Å².